The van der Waals surface area contributed by atoms with Crippen molar-refractivity contribution in [2.45, 2.75) is 82.8 Å². The normalized spacial score (nSPS) is 13.0. The summed E-state index contributed by atoms with van der Waals surface area (Å²) in [7, 11) is -4.56. The first kappa shape index (κ1) is 39.4. The molecular weight excluding hydrogens is 630 g/mol. The van der Waals surface area contributed by atoms with Gasteiger partial charge >= 0.3 is 11.9 Å². The summed E-state index contributed by atoms with van der Waals surface area (Å²) < 4.78 is 31.4. The molecule has 0 aliphatic heterocycles. The van der Waals surface area contributed by atoms with Crippen molar-refractivity contribution in [2.24, 2.45) is 5.73 Å². The van der Waals surface area contributed by atoms with Crippen LogP contribution in [0.2, 0.25) is 0 Å². The number of rotatable bonds is 22. The number of aliphatic carboxylic acids is 2. The van der Waals surface area contributed by atoms with Crippen LogP contribution in [-0.2, 0) is 38.9 Å². The molecule has 1 aromatic rings. The second-order valence-electron chi connectivity index (χ2n) is 10.5. The number of hydrogen-bond acceptors (Lipinski definition) is 9. The lowest BCUT2D eigenvalue weighted by molar-refractivity contribution is -0.142. The molecule has 18 heteroatoms. The Hall–Kier alpha value is -4.58. The molecule has 0 aliphatic carbocycles. The number of nitrogens with one attached hydrogen (secondary N) is 4. The van der Waals surface area contributed by atoms with E-state index in [9.17, 15) is 47.1 Å². The number of aryl methyl sites for hydroxylation is 1. The molecule has 0 bridgehead atoms. The van der Waals surface area contributed by atoms with E-state index in [4.69, 9.17) is 15.4 Å². The minimum Gasteiger partial charge on any atom is -0.481 e. The second-order valence-corrected chi connectivity index (χ2v) is 12.1. The Kier molecular flexibility index (Phi) is 16.9. The van der Waals surface area contributed by atoms with Crippen molar-refractivity contribution in [3.63, 3.8) is 0 Å². The first-order valence-corrected chi connectivity index (χ1v) is 16.0. The van der Waals surface area contributed by atoms with Crippen LogP contribution in [0.3, 0.4) is 0 Å². The SMILES string of the molecule is Cc1ccc(C(=O)NCCCC[C@H](NC(=O)CC[C@H](NC(=O)[C@H](CCS(=O)(=O)O)NC(=O)CCCC(=O)O)C(=O)O)C(N)=O)cc1. The highest BCUT2D eigenvalue weighted by Crippen LogP contribution is 2.07. The van der Waals surface area contributed by atoms with Gasteiger partial charge in [0.05, 0.1) is 5.75 Å². The smallest absolute Gasteiger partial charge is 0.326 e. The maximum Gasteiger partial charge on any atom is 0.326 e. The number of carbonyl (C=O) groups excluding carboxylic acids is 5. The fraction of sp³-hybridized carbons (Fsp3) is 0.536. The van der Waals surface area contributed by atoms with Crippen LogP contribution in [0.15, 0.2) is 24.3 Å². The third-order valence-corrected chi connectivity index (χ3v) is 7.33. The Morgan fingerprint density at radius 3 is 1.93 bits per heavy atom. The molecule has 256 valence electrons. The van der Waals surface area contributed by atoms with E-state index in [1.165, 1.54) is 0 Å². The number of carboxylic acid groups (broad SMARTS) is 2. The first-order chi connectivity index (χ1) is 21.5. The third kappa shape index (κ3) is 17.0. The molecule has 0 spiro atoms. The molecule has 0 unspecified atom stereocenters. The zero-order valence-corrected chi connectivity index (χ0v) is 26.1. The fourth-order valence-corrected chi connectivity index (χ4v) is 4.58. The Morgan fingerprint density at radius 1 is 0.761 bits per heavy atom. The molecule has 0 aliphatic rings. The van der Waals surface area contributed by atoms with Gasteiger partial charge in [0.2, 0.25) is 23.6 Å². The Bertz CT molecular complexity index is 1350. The van der Waals surface area contributed by atoms with Gasteiger partial charge in [-0.15, -0.1) is 0 Å². The largest absolute Gasteiger partial charge is 0.481 e. The summed E-state index contributed by atoms with van der Waals surface area (Å²) in [5.74, 6) is -7.43. The van der Waals surface area contributed by atoms with Gasteiger partial charge in [-0.3, -0.25) is 33.3 Å². The molecule has 0 saturated carbocycles. The van der Waals surface area contributed by atoms with Crippen molar-refractivity contribution in [3.05, 3.63) is 35.4 Å². The van der Waals surface area contributed by atoms with Crippen LogP contribution in [0.1, 0.15) is 73.7 Å². The molecule has 9 N–H and O–H groups in total. The summed E-state index contributed by atoms with van der Waals surface area (Å²) in [5, 5.41) is 27.7. The zero-order valence-electron chi connectivity index (χ0n) is 25.3. The lowest BCUT2D eigenvalue weighted by atomic mass is 10.1. The molecule has 0 aromatic heterocycles. The number of unbranched alkanes of at least 4 members (excludes halogenated alkanes) is 1. The number of hydrogen-bond donors (Lipinski definition) is 8. The number of nitrogens with two attached hydrogens (primary N) is 1. The van der Waals surface area contributed by atoms with Crippen LogP contribution in [0.4, 0.5) is 0 Å². The van der Waals surface area contributed by atoms with Crippen molar-refractivity contribution < 1.29 is 56.7 Å². The number of carboxylic acids is 2. The molecule has 46 heavy (non-hydrogen) atoms. The van der Waals surface area contributed by atoms with Gasteiger partial charge in [-0.25, -0.2) is 4.79 Å². The van der Waals surface area contributed by atoms with Crippen molar-refractivity contribution in [1.82, 2.24) is 21.3 Å². The van der Waals surface area contributed by atoms with Gasteiger partial charge in [0.15, 0.2) is 0 Å². The van der Waals surface area contributed by atoms with Crippen LogP contribution >= 0.6 is 0 Å². The molecule has 0 heterocycles. The molecule has 5 amide bonds. The number of primary amides is 1. The molecule has 1 rings (SSSR count). The van der Waals surface area contributed by atoms with Crippen LogP contribution < -0.4 is 27.0 Å². The predicted octanol–water partition coefficient (Wildman–Crippen LogP) is -0.768. The monoisotopic (exact) mass is 671 g/mol. The number of amides is 5. The van der Waals surface area contributed by atoms with Crippen molar-refractivity contribution in [2.75, 3.05) is 12.3 Å². The topological polar surface area (TPSA) is 288 Å². The van der Waals surface area contributed by atoms with Crippen molar-refractivity contribution in [3.8, 4) is 0 Å². The molecule has 3 atom stereocenters. The minimum absolute atomic E-state index is 0.0858. The Morgan fingerprint density at radius 2 is 1.37 bits per heavy atom. The van der Waals surface area contributed by atoms with Gasteiger partial charge in [-0.05, 0) is 57.6 Å². The summed E-state index contributed by atoms with van der Waals surface area (Å²) in [6, 6.07) is 2.64. The van der Waals surface area contributed by atoms with E-state index in [0.717, 1.165) is 5.56 Å². The maximum atomic E-state index is 12.8. The summed E-state index contributed by atoms with van der Waals surface area (Å²) in [5.41, 5.74) is 6.89. The second kappa shape index (κ2) is 19.7. The van der Waals surface area contributed by atoms with Crippen molar-refractivity contribution in [1.29, 1.82) is 0 Å². The highest BCUT2D eigenvalue weighted by atomic mass is 32.2. The van der Waals surface area contributed by atoms with Gasteiger partial charge in [0, 0.05) is 31.4 Å². The van der Waals surface area contributed by atoms with E-state index in [2.05, 4.69) is 21.3 Å². The summed E-state index contributed by atoms with van der Waals surface area (Å²) in [6.45, 7) is 2.20. The zero-order chi connectivity index (χ0) is 34.9. The average molecular weight is 672 g/mol. The predicted molar refractivity (Wildman–Crippen MR) is 162 cm³/mol. The average Bonchev–Trinajstić information content (AvgIpc) is 2.95. The lowest BCUT2D eigenvalue weighted by Gasteiger charge is -2.21. The Balaban J connectivity index is 2.65. The lowest BCUT2D eigenvalue weighted by Crippen LogP contribution is -2.52. The van der Waals surface area contributed by atoms with Gasteiger partial charge in [0.25, 0.3) is 16.0 Å². The first-order valence-electron chi connectivity index (χ1n) is 14.4. The molecule has 0 saturated heterocycles. The maximum absolute atomic E-state index is 12.8. The van der Waals surface area contributed by atoms with Crippen LogP contribution in [-0.4, -0.2) is 95.1 Å². The quantitative estimate of drug-likeness (QED) is 0.0557. The number of carbonyl (C=O) groups is 7. The van der Waals surface area contributed by atoms with E-state index in [1.54, 1.807) is 24.3 Å². The minimum atomic E-state index is -4.56. The van der Waals surface area contributed by atoms with E-state index < -0.39 is 88.8 Å². The summed E-state index contributed by atoms with van der Waals surface area (Å²) >= 11 is 0. The highest BCUT2D eigenvalue weighted by Gasteiger charge is 2.28. The fourth-order valence-electron chi connectivity index (χ4n) is 4.04. The van der Waals surface area contributed by atoms with E-state index in [1.807, 2.05) is 6.92 Å². The van der Waals surface area contributed by atoms with E-state index >= 15 is 0 Å². The van der Waals surface area contributed by atoms with Crippen LogP contribution in [0, 0.1) is 6.92 Å². The van der Waals surface area contributed by atoms with Gasteiger partial charge in [0.1, 0.15) is 18.1 Å². The molecule has 1 aromatic carbocycles. The highest BCUT2D eigenvalue weighted by molar-refractivity contribution is 7.85. The van der Waals surface area contributed by atoms with Crippen LogP contribution in [0.5, 0.6) is 0 Å². The van der Waals surface area contributed by atoms with Gasteiger partial charge in [-0.2, -0.15) is 8.42 Å². The Labute approximate surface area is 265 Å². The number of benzene rings is 1. The van der Waals surface area contributed by atoms with E-state index in [0.29, 0.717) is 24.9 Å². The third-order valence-electron chi connectivity index (χ3n) is 6.58. The molecular formula is C28H41N5O12S. The van der Waals surface area contributed by atoms with Gasteiger partial charge < -0.3 is 37.2 Å². The molecule has 0 fully saturated rings. The van der Waals surface area contributed by atoms with Crippen LogP contribution in [0.25, 0.3) is 0 Å². The molecule has 0 radical (unpaired) electrons. The molecule has 17 nitrogen and oxygen atoms in total. The summed E-state index contributed by atoms with van der Waals surface area (Å²) in [4.78, 5) is 83.9. The summed E-state index contributed by atoms with van der Waals surface area (Å²) in [6.07, 6.45) is -1.29. The van der Waals surface area contributed by atoms with Gasteiger partial charge in [-0.1, -0.05) is 17.7 Å². The standard InChI is InChI=1S/C28H41N5O12S/c1-17-8-10-18(11-9-17)26(39)30-15-3-2-5-19(25(29)38)31-23(35)13-12-21(28(41)42)33-27(40)20(14-16-46(43,44)45)32-22(34)6-4-7-24(36)37/h8-11,19-21H,2-7,12-16H2,1H3,(H2,29,38)(H,30,39)(H,31,35)(H,32,34)(H,33,40)(H,36,37)(H,41,42)(H,43,44,45)/t19-,20-,21-/m0/s1. The van der Waals surface area contributed by atoms with Crippen molar-refractivity contribution >= 4 is 51.6 Å². The van der Waals surface area contributed by atoms with E-state index in [-0.39, 0.29) is 31.6 Å².